The lowest BCUT2D eigenvalue weighted by Crippen LogP contribution is -2.46. The van der Waals surface area contributed by atoms with Crippen LogP contribution in [0.5, 0.6) is 0 Å². The zero-order valence-electron chi connectivity index (χ0n) is 13.9. The number of likely N-dealkylation sites (tertiary alicyclic amines) is 1. The number of piperidine rings is 1. The van der Waals surface area contributed by atoms with E-state index >= 15 is 0 Å². The topological polar surface area (TPSA) is 52.8 Å². The molecule has 2 saturated heterocycles. The van der Waals surface area contributed by atoms with E-state index in [0.29, 0.717) is 6.04 Å². The second-order valence-electron chi connectivity index (χ2n) is 6.56. The number of urea groups is 1. The number of thiophene rings is 1. The van der Waals surface area contributed by atoms with E-state index in [-0.39, 0.29) is 6.03 Å². The molecule has 24 heavy (non-hydrogen) atoms. The van der Waals surface area contributed by atoms with Crippen LogP contribution in [0.25, 0.3) is 10.6 Å². The fraction of sp³-hybridized carbons (Fsp3) is 0.529. The molecule has 2 aliphatic rings. The first kappa shape index (κ1) is 15.7. The monoisotopic (exact) mass is 346 g/mol. The molecule has 4 heterocycles. The van der Waals surface area contributed by atoms with Crippen LogP contribution in [0.2, 0.25) is 0 Å². The van der Waals surface area contributed by atoms with Gasteiger partial charge in [-0.2, -0.15) is 0 Å². The molecule has 0 saturated carbocycles. The molecule has 0 spiro atoms. The number of carbonyl (C=O) groups excluding carboxylic acids is 1. The molecule has 0 N–H and O–H groups in total. The molecule has 0 unspecified atom stereocenters. The van der Waals surface area contributed by atoms with Crippen LogP contribution in [0, 0.1) is 0 Å². The highest BCUT2D eigenvalue weighted by molar-refractivity contribution is 7.13. The largest absolute Gasteiger partial charge is 0.355 e. The Labute approximate surface area is 145 Å². The summed E-state index contributed by atoms with van der Waals surface area (Å²) in [6.07, 6.45) is 2.07. The van der Waals surface area contributed by atoms with Gasteiger partial charge in [0.1, 0.15) is 0 Å². The molecule has 0 aliphatic carbocycles. The van der Waals surface area contributed by atoms with Gasteiger partial charge in [-0.3, -0.25) is 4.90 Å². The molecule has 4 rings (SSSR count). The van der Waals surface area contributed by atoms with Crippen molar-refractivity contribution in [1.82, 2.24) is 19.9 Å². The van der Waals surface area contributed by atoms with Crippen LogP contribution < -0.4 is 0 Å². The number of amides is 2. The predicted molar refractivity (Wildman–Crippen MR) is 92.8 cm³/mol. The Morgan fingerprint density at radius 3 is 2.79 bits per heavy atom. The number of rotatable bonds is 4. The Bertz CT molecular complexity index is 691. The minimum absolute atomic E-state index is 0.186. The first-order chi connectivity index (χ1) is 11.7. The third-order valence-corrected chi connectivity index (χ3v) is 5.84. The lowest BCUT2D eigenvalue weighted by Gasteiger charge is -2.36. The van der Waals surface area contributed by atoms with Gasteiger partial charge in [-0.25, -0.2) is 4.79 Å². The molecule has 6 nitrogen and oxygen atoms in total. The summed E-state index contributed by atoms with van der Waals surface area (Å²) in [7, 11) is 1.88. The smallest absolute Gasteiger partial charge is 0.320 e. The standard InChI is InChI=1S/C17H22N4O2S/c1-19-8-9-21(17(19)22)14-4-6-20(7-5-14)12-13-11-15(23-18-13)16-3-2-10-24-16/h2-3,10-11,14H,4-9,12H2,1H3. The van der Waals surface area contributed by atoms with E-state index in [4.69, 9.17) is 4.52 Å². The predicted octanol–water partition coefficient (Wildman–Crippen LogP) is 2.73. The SMILES string of the molecule is CN1CCN(C2CCN(Cc3cc(-c4cccs4)on3)CC2)C1=O. The second-order valence-corrected chi connectivity index (χ2v) is 7.51. The normalized spacial score (nSPS) is 20.3. The van der Waals surface area contributed by atoms with Crippen molar-refractivity contribution in [3.8, 4) is 10.6 Å². The highest BCUT2D eigenvalue weighted by atomic mass is 32.1. The van der Waals surface area contributed by atoms with E-state index in [1.54, 1.807) is 11.3 Å². The first-order valence-corrected chi connectivity index (χ1v) is 9.32. The fourth-order valence-electron chi connectivity index (χ4n) is 3.55. The maximum atomic E-state index is 12.1. The average molecular weight is 346 g/mol. The van der Waals surface area contributed by atoms with Gasteiger partial charge >= 0.3 is 6.03 Å². The Morgan fingerprint density at radius 1 is 1.29 bits per heavy atom. The molecule has 2 aliphatic heterocycles. The third-order valence-electron chi connectivity index (χ3n) is 4.96. The number of hydrogen-bond acceptors (Lipinski definition) is 5. The zero-order chi connectivity index (χ0) is 16.5. The van der Waals surface area contributed by atoms with Crippen LogP contribution >= 0.6 is 11.3 Å². The summed E-state index contributed by atoms with van der Waals surface area (Å²) in [6, 6.07) is 6.68. The van der Waals surface area contributed by atoms with E-state index in [0.717, 1.165) is 61.9 Å². The maximum absolute atomic E-state index is 12.1. The Kier molecular flexibility index (Phi) is 4.28. The van der Waals surface area contributed by atoms with Gasteiger partial charge in [-0.05, 0) is 24.3 Å². The molecular weight excluding hydrogens is 324 g/mol. The van der Waals surface area contributed by atoms with Crippen LogP contribution in [0.4, 0.5) is 4.79 Å². The van der Waals surface area contributed by atoms with Gasteiger partial charge in [-0.15, -0.1) is 11.3 Å². The van der Waals surface area contributed by atoms with Gasteiger partial charge in [0.05, 0.1) is 10.6 Å². The van der Waals surface area contributed by atoms with Gasteiger partial charge in [0.15, 0.2) is 5.76 Å². The zero-order valence-corrected chi connectivity index (χ0v) is 14.7. The molecule has 0 bridgehead atoms. The molecule has 2 aromatic rings. The summed E-state index contributed by atoms with van der Waals surface area (Å²) >= 11 is 1.66. The van der Waals surface area contributed by atoms with E-state index in [9.17, 15) is 4.79 Å². The molecule has 2 fully saturated rings. The second kappa shape index (κ2) is 6.57. The van der Waals surface area contributed by atoms with E-state index < -0.39 is 0 Å². The minimum atomic E-state index is 0.186. The van der Waals surface area contributed by atoms with Crippen molar-refractivity contribution in [2.75, 3.05) is 33.2 Å². The molecule has 0 aromatic carbocycles. The van der Waals surface area contributed by atoms with Crippen LogP contribution in [0.3, 0.4) is 0 Å². The van der Waals surface area contributed by atoms with Crippen LogP contribution in [-0.4, -0.2) is 65.2 Å². The van der Waals surface area contributed by atoms with E-state index in [1.165, 1.54) is 0 Å². The number of carbonyl (C=O) groups is 1. The van der Waals surface area contributed by atoms with Crippen molar-refractivity contribution < 1.29 is 9.32 Å². The molecular formula is C17H22N4O2S. The van der Waals surface area contributed by atoms with Crippen molar-refractivity contribution in [1.29, 1.82) is 0 Å². The van der Waals surface area contributed by atoms with Gasteiger partial charge in [-0.1, -0.05) is 11.2 Å². The van der Waals surface area contributed by atoms with Crippen LogP contribution in [0.1, 0.15) is 18.5 Å². The fourth-order valence-corrected chi connectivity index (χ4v) is 4.22. The summed E-state index contributed by atoms with van der Waals surface area (Å²) < 4.78 is 5.45. The average Bonchev–Trinajstić information content (AvgIpc) is 3.32. The number of hydrogen-bond donors (Lipinski definition) is 0. The molecule has 7 heteroatoms. The van der Waals surface area contributed by atoms with Crippen LogP contribution in [0.15, 0.2) is 28.1 Å². The van der Waals surface area contributed by atoms with Gasteiger partial charge in [0, 0.05) is 51.9 Å². The maximum Gasteiger partial charge on any atom is 0.320 e. The van der Waals surface area contributed by atoms with Gasteiger partial charge in [0.2, 0.25) is 0 Å². The van der Waals surface area contributed by atoms with Crippen molar-refractivity contribution >= 4 is 17.4 Å². The molecule has 0 atom stereocenters. The number of likely N-dealkylation sites (N-methyl/N-ethyl adjacent to an activating group) is 1. The van der Waals surface area contributed by atoms with Crippen molar-refractivity contribution in [2.24, 2.45) is 0 Å². The van der Waals surface area contributed by atoms with E-state index in [2.05, 4.69) is 10.1 Å². The molecule has 2 amide bonds. The highest BCUT2D eigenvalue weighted by Crippen LogP contribution is 2.26. The van der Waals surface area contributed by atoms with Gasteiger partial charge in [0.25, 0.3) is 0 Å². The van der Waals surface area contributed by atoms with Gasteiger partial charge < -0.3 is 14.3 Å². The van der Waals surface area contributed by atoms with Crippen molar-refractivity contribution in [3.63, 3.8) is 0 Å². The lowest BCUT2D eigenvalue weighted by molar-refractivity contribution is 0.126. The number of aromatic nitrogens is 1. The first-order valence-electron chi connectivity index (χ1n) is 8.44. The summed E-state index contributed by atoms with van der Waals surface area (Å²) in [5.74, 6) is 0.848. The summed E-state index contributed by atoms with van der Waals surface area (Å²) in [5, 5.41) is 6.24. The third kappa shape index (κ3) is 3.06. The minimum Gasteiger partial charge on any atom is -0.355 e. The van der Waals surface area contributed by atoms with Crippen molar-refractivity contribution in [2.45, 2.75) is 25.4 Å². The summed E-state index contributed by atoms with van der Waals surface area (Å²) in [6.45, 7) is 4.53. The summed E-state index contributed by atoms with van der Waals surface area (Å²) in [5.41, 5.74) is 0.980. The quantitative estimate of drug-likeness (QED) is 0.854. The Balaban J connectivity index is 1.31. The Hall–Kier alpha value is -1.86. The van der Waals surface area contributed by atoms with Crippen LogP contribution in [-0.2, 0) is 6.54 Å². The number of nitrogens with zero attached hydrogens (tertiary/aromatic N) is 4. The Morgan fingerprint density at radius 2 is 2.12 bits per heavy atom. The molecule has 128 valence electrons. The highest BCUT2D eigenvalue weighted by Gasteiger charge is 2.33. The molecule has 0 radical (unpaired) electrons. The molecule has 2 aromatic heterocycles. The van der Waals surface area contributed by atoms with Crippen molar-refractivity contribution in [3.05, 3.63) is 29.3 Å². The lowest BCUT2D eigenvalue weighted by atomic mass is 10.0. The van der Waals surface area contributed by atoms with E-state index in [1.807, 2.05) is 40.4 Å². The summed E-state index contributed by atoms with van der Waals surface area (Å²) in [4.78, 5) is 19.5.